The monoisotopic (exact) mass is 322 g/mol. The van der Waals surface area contributed by atoms with Crippen molar-refractivity contribution in [3.05, 3.63) is 53.1 Å². The lowest BCUT2D eigenvalue weighted by Crippen LogP contribution is -2.24. The van der Waals surface area contributed by atoms with E-state index in [1.807, 2.05) is 30.3 Å². The number of esters is 1. The van der Waals surface area contributed by atoms with Crippen LogP contribution in [0.2, 0.25) is 0 Å². The van der Waals surface area contributed by atoms with Crippen LogP contribution in [-0.2, 0) is 4.79 Å². The summed E-state index contributed by atoms with van der Waals surface area (Å²) in [7, 11) is 0. The van der Waals surface area contributed by atoms with Gasteiger partial charge in [0.1, 0.15) is 18.1 Å². The fourth-order valence-corrected chi connectivity index (χ4v) is 3.41. The second-order valence-electron chi connectivity index (χ2n) is 6.02. The molecular formula is C19H14O5. The number of carbonyl (C=O) groups is 1. The maximum atomic E-state index is 12.1. The molecule has 1 unspecified atom stereocenters. The molecule has 0 aliphatic carbocycles. The summed E-state index contributed by atoms with van der Waals surface area (Å²) < 4.78 is 22.1. The molecule has 1 atom stereocenters. The second-order valence-corrected chi connectivity index (χ2v) is 6.02. The molecule has 0 radical (unpaired) electrons. The molecule has 0 amide bonds. The zero-order chi connectivity index (χ0) is 16.1. The third-order valence-corrected chi connectivity index (χ3v) is 4.58. The van der Waals surface area contributed by atoms with Crippen LogP contribution in [0.1, 0.15) is 23.5 Å². The molecule has 0 bridgehead atoms. The minimum absolute atomic E-state index is 0.0795. The molecule has 0 saturated heterocycles. The van der Waals surface area contributed by atoms with E-state index in [0.29, 0.717) is 30.3 Å². The number of hydrogen-bond donors (Lipinski definition) is 0. The molecule has 2 aromatic rings. The lowest BCUT2D eigenvalue weighted by molar-refractivity contribution is -0.135. The van der Waals surface area contributed by atoms with E-state index in [9.17, 15) is 4.79 Å². The number of benzene rings is 2. The Morgan fingerprint density at radius 1 is 0.917 bits per heavy atom. The molecule has 3 aliphatic heterocycles. The summed E-state index contributed by atoms with van der Waals surface area (Å²) in [6.07, 6.45) is 2.40. The molecular weight excluding hydrogens is 308 g/mol. The molecule has 0 saturated carbocycles. The third kappa shape index (κ3) is 2.05. The van der Waals surface area contributed by atoms with Gasteiger partial charge in [0.05, 0.1) is 6.42 Å². The van der Waals surface area contributed by atoms with E-state index in [1.54, 1.807) is 6.07 Å². The number of ether oxygens (including phenoxy) is 4. The van der Waals surface area contributed by atoms with Gasteiger partial charge in [-0.05, 0) is 23.8 Å². The maximum absolute atomic E-state index is 12.1. The van der Waals surface area contributed by atoms with Gasteiger partial charge < -0.3 is 18.9 Å². The van der Waals surface area contributed by atoms with Crippen molar-refractivity contribution in [1.82, 2.24) is 0 Å². The fourth-order valence-electron chi connectivity index (χ4n) is 3.41. The summed E-state index contributed by atoms with van der Waals surface area (Å²) in [5.74, 6) is 2.39. The van der Waals surface area contributed by atoms with E-state index in [2.05, 4.69) is 6.08 Å². The van der Waals surface area contributed by atoms with Crippen molar-refractivity contribution in [2.75, 3.05) is 13.4 Å². The fraction of sp³-hybridized carbons (Fsp3) is 0.211. The molecule has 0 fully saturated rings. The van der Waals surface area contributed by atoms with Crippen LogP contribution in [0.4, 0.5) is 0 Å². The van der Waals surface area contributed by atoms with Gasteiger partial charge in [0.15, 0.2) is 11.5 Å². The van der Waals surface area contributed by atoms with Crippen LogP contribution in [0.5, 0.6) is 23.0 Å². The van der Waals surface area contributed by atoms with Gasteiger partial charge in [-0.3, -0.25) is 4.79 Å². The van der Waals surface area contributed by atoms with Crippen molar-refractivity contribution < 1.29 is 23.7 Å². The van der Waals surface area contributed by atoms with Gasteiger partial charge in [-0.25, -0.2) is 0 Å². The van der Waals surface area contributed by atoms with Crippen LogP contribution in [0, 0.1) is 0 Å². The van der Waals surface area contributed by atoms with Gasteiger partial charge in [0.25, 0.3) is 0 Å². The quantitative estimate of drug-likeness (QED) is 0.596. The summed E-state index contributed by atoms with van der Waals surface area (Å²) in [4.78, 5) is 12.1. The van der Waals surface area contributed by atoms with Crippen molar-refractivity contribution in [2.24, 2.45) is 0 Å². The van der Waals surface area contributed by atoms with Gasteiger partial charge >= 0.3 is 5.97 Å². The zero-order valence-electron chi connectivity index (χ0n) is 12.8. The number of rotatable bonds is 1. The molecule has 3 heterocycles. The van der Waals surface area contributed by atoms with E-state index in [1.165, 1.54) is 0 Å². The summed E-state index contributed by atoms with van der Waals surface area (Å²) >= 11 is 0. The Hall–Kier alpha value is -2.95. The largest absolute Gasteiger partial charge is 0.489 e. The molecule has 3 aliphatic rings. The van der Waals surface area contributed by atoms with E-state index in [0.717, 1.165) is 22.4 Å². The van der Waals surface area contributed by atoms with E-state index < -0.39 is 0 Å². The van der Waals surface area contributed by atoms with Gasteiger partial charge in [0.2, 0.25) is 6.79 Å². The first kappa shape index (κ1) is 13.5. The van der Waals surface area contributed by atoms with E-state index in [-0.39, 0.29) is 18.7 Å². The summed E-state index contributed by atoms with van der Waals surface area (Å²) in [6, 6.07) is 11.5. The van der Waals surface area contributed by atoms with Gasteiger partial charge in [-0.15, -0.1) is 0 Å². The minimum Gasteiger partial charge on any atom is -0.489 e. The van der Waals surface area contributed by atoms with Crippen molar-refractivity contribution in [2.45, 2.75) is 12.3 Å². The first-order valence-electron chi connectivity index (χ1n) is 7.84. The molecule has 5 heteroatoms. The average Bonchev–Trinajstić information content (AvgIpc) is 3.06. The van der Waals surface area contributed by atoms with Crippen LogP contribution in [0.3, 0.4) is 0 Å². The van der Waals surface area contributed by atoms with Gasteiger partial charge in [-0.1, -0.05) is 18.2 Å². The molecule has 120 valence electrons. The third-order valence-electron chi connectivity index (χ3n) is 4.58. The molecule has 5 rings (SSSR count). The average molecular weight is 322 g/mol. The van der Waals surface area contributed by atoms with Crippen LogP contribution < -0.4 is 18.9 Å². The highest BCUT2D eigenvalue weighted by Gasteiger charge is 2.33. The number of para-hydroxylation sites is 1. The van der Waals surface area contributed by atoms with Crippen LogP contribution in [0.25, 0.3) is 6.08 Å². The van der Waals surface area contributed by atoms with E-state index >= 15 is 0 Å². The van der Waals surface area contributed by atoms with Crippen LogP contribution >= 0.6 is 0 Å². The number of carbonyl (C=O) groups excluding carboxylic acids is 1. The smallest absolute Gasteiger partial charge is 0.312 e. The topological polar surface area (TPSA) is 54.0 Å². The van der Waals surface area contributed by atoms with Crippen molar-refractivity contribution in [3.8, 4) is 23.0 Å². The standard InChI is InChI=1S/C19H14O5/c20-19-7-13(12-5-11-3-1-2-4-15(11)21-9-12)14-6-17-18(23-10-22-17)8-16(14)24-19/h1-6,8,13H,7,9-10H2. The minimum atomic E-state index is -0.244. The number of fused-ring (bicyclic) bond motifs is 3. The first-order chi connectivity index (χ1) is 11.8. The highest BCUT2D eigenvalue weighted by Crippen LogP contribution is 2.47. The predicted octanol–water partition coefficient (Wildman–Crippen LogP) is 3.28. The van der Waals surface area contributed by atoms with Crippen molar-refractivity contribution in [1.29, 1.82) is 0 Å². The normalized spacial score (nSPS) is 20.4. The highest BCUT2D eigenvalue weighted by molar-refractivity contribution is 5.79. The zero-order valence-corrected chi connectivity index (χ0v) is 12.8. The van der Waals surface area contributed by atoms with E-state index in [4.69, 9.17) is 18.9 Å². The molecule has 2 aromatic carbocycles. The maximum Gasteiger partial charge on any atom is 0.312 e. The van der Waals surface area contributed by atoms with Gasteiger partial charge in [0, 0.05) is 23.1 Å². The highest BCUT2D eigenvalue weighted by atomic mass is 16.7. The lowest BCUT2D eigenvalue weighted by Gasteiger charge is -2.29. The molecule has 5 nitrogen and oxygen atoms in total. The Bertz CT molecular complexity index is 883. The van der Waals surface area contributed by atoms with Crippen molar-refractivity contribution in [3.63, 3.8) is 0 Å². The molecule has 0 N–H and O–H groups in total. The van der Waals surface area contributed by atoms with Crippen LogP contribution in [0.15, 0.2) is 42.0 Å². The van der Waals surface area contributed by atoms with Crippen molar-refractivity contribution >= 4 is 12.0 Å². The SMILES string of the molecule is O=C1CC(C2=Cc3ccccc3OC2)c2cc3c(cc2O1)OCO3. The second kappa shape index (κ2) is 5.03. The summed E-state index contributed by atoms with van der Waals surface area (Å²) in [5, 5.41) is 0. The molecule has 0 spiro atoms. The molecule has 24 heavy (non-hydrogen) atoms. The Morgan fingerprint density at radius 2 is 1.75 bits per heavy atom. The Balaban J connectivity index is 1.61. The number of hydrogen-bond acceptors (Lipinski definition) is 5. The Labute approximate surface area is 138 Å². The first-order valence-corrected chi connectivity index (χ1v) is 7.84. The summed E-state index contributed by atoms with van der Waals surface area (Å²) in [6.45, 7) is 0.652. The predicted molar refractivity (Wildman–Crippen MR) is 85.5 cm³/mol. The Morgan fingerprint density at radius 3 is 2.67 bits per heavy atom. The van der Waals surface area contributed by atoms with Gasteiger partial charge in [-0.2, -0.15) is 0 Å². The summed E-state index contributed by atoms with van der Waals surface area (Å²) in [5.41, 5.74) is 3.03. The molecule has 0 aromatic heterocycles. The Kier molecular flexibility index (Phi) is 2.82. The van der Waals surface area contributed by atoms with Crippen LogP contribution in [-0.4, -0.2) is 19.4 Å². The lowest BCUT2D eigenvalue weighted by atomic mass is 9.84.